The van der Waals surface area contributed by atoms with E-state index in [1.807, 2.05) is 42.7 Å². The van der Waals surface area contributed by atoms with Gasteiger partial charge in [-0.3, -0.25) is 0 Å². The van der Waals surface area contributed by atoms with Gasteiger partial charge in [-0.2, -0.15) is 0 Å². The van der Waals surface area contributed by atoms with E-state index in [1.54, 1.807) is 0 Å². The number of nitrogens with zero attached hydrogens (tertiary/aromatic N) is 7. The number of tetrazole rings is 1. The molecule has 220 valence electrons. The molecular weight excluding hydrogens is 548 g/mol. The zero-order valence-electron chi connectivity index (χ0n) is 24.9. The van der Waals surface area contributed by atoms with Crippen LogP contribution in [-0.2, 0) is 19.5 Å². The first-order valence-electron chi connectivity index (χ1n) is 15.1. The Hall–Kier alpha value is -5.31. The number of imidazole rings is 2. The number of aryl methyl sites for hydroxylation is 2. The molecule has 0 radical (unpaired) electrons. The lowest BCUT2D eigenvalue weighted by molar-refractivity contribution is 0.302. The number of ether oxygens (including phenoxy) is 1. The van der Waals surface area contributed by atoms with Gasteiger partial charge in [-0.1, -0.05) is 80.1 Å². The Morgan fingerprint density at radius 2 is 1.70 bits per heavy atom. The van der Waals surface area contributed by atoms with Gasteiger partial charge in [0.05, 0.1) is 29.4 Å². The van der Waals surface area contributed by atoms with Crippen molar-refractivity contribution >= 4 is 22.1 Å². The van der Waals surface area contributed by atoms with Crippen LogP contribution < -0.4 is 4.74 Å². The lowest BCUT2D eigenvalue weighted by Gasteiger charge is -2.14. The summed E-state index contributed by atoms with van der Waals surface area (Å²) in [6, 6.07) is 29.3. The van der Waals surface area contributed by atoms with Crippen molar-refractivity contribution in [2.24, 2.45) is 0 Å². The largest absolute Gasteiger partial charge is 0.489 e. The summed E-state index contributed by atoms with van der Waals surface area (Å²) in [5, 5.41) is 14.5. The molecule has 0 aliphatic heterocycles. The smallest absolute Gasteiger partial charge is 0.180 e. The molecule has 0 aliphatic carbocycles. The molecule has 0 bridgehead atoms. The van der Waals surface area contributed by atoms with E-state index in [9.17, 15) is 0 Å². The number of nitrogens with one attached hydrogen (secondary N) is 1. The van der Waals surface area contributed by atoms with Gasteiger partial charge in [0.2, 0.25) is 0 Å². The maximum Gasteiger partial charge on any atom is 0.180 e. The van der Waals surface area contributed by atoms with Crippen molar-refractivity contribution in [2.45, 2.75) is 46.2 Å². The van der Waals surface area contributed by atoms with Gasteiger partial charge in [0, 0.05) is 18.5 Å². The molecule has 9 nitrogen and oxygen atoms in total. The monoisotopic (exact) mass is 582 g/mol. The lowest BCUT2D eigenvalue weighted by atomic mass is 9.98. The average molecular weight is 583 g/mol. The van der Waals surface area contributed by atoms with Crippen molar-refractivity contribution in [3.8, 4) is 28.3 Å². The highest BCUT2D eigenvalue weighted by Crippen LogP contribution is 2.33. The van der Waals surface area contributed by atoms with Crippen molar-refractivity contribution in [3.05, 3.63) is 108 Å². The van der Waals surface area contributed by atoms with E-state index < -0.39 is 0 Å². The van der Waals surface area contributed by atoms with Crippen LogP contribution in [0.5, 0.6) is 5.75 Å². The molecular formula is C35H34N8O. The number of rotatable bonds is 11. The van der Waals surface area contributed by atoms with Crippen molar-refractivity contribution in [3.63, 3.8) is 0 Å². The first-order valence-corrected chi connectivity index (χ1v) is 15.1. The molecule has 0 aliphatic rings. The maximum atomic E-state index is 6.49. The third kappa shape index (κ3) is 5.32. The van der Waals surface area contributed by atoms with Crippen LogP contribution in [-0.4, -0.2) is 46.3 Å². The van der Waals surface area contributed by atoms with E-state index in [2.05, 4.69) is 97.1 Å². The molecule has 0 amide bonds. The van der Waals surface area contributed by atoms with Crippen molar-refractivity contribution < 1.29 is 4.74 Å². The Bertz CT molecular complexity index is 2020. The number of hydrogen-bond donors (Lipinski definition) is 1. The minimum Gasteiger partial charge on any atom is -0.489 e. The van der Waals surface area contributed by atoms with Crippen LogP contribution in [0.25, 0.3) is 44.6 Å². The summed E-state index contributed by atoms with van der Waals surface area (Å²) in [5.74, 6) is 2.60. The number of fused-ring (bicyclic) bond motifs is 2. The fraction of sp³-hybridized carbons (Fsp3) is 0.229. The second-order valence-corrected chi connectivity index (χ2v) is 11.1. The molecule has 1 N–H and O–H groups in total. The van der Waals surface area contributed by atoms with E-state index >= 15 is 0 Å². The zero-order valence-corrected chi connectivity index (χ0v) is 24.9. The molecule has 4 aromatic carbocycles. The lowest BCUT2D eigenvalue weighted by Crippen LogP contribution is -2.10. The number of para-hydroxylation sites is 2. The zero-order chi connectivity index (χ0) is 29.9. The summed E-state index contributed by atoms with van der Waals surface area (Å²) in [5.41, 5.74) is 9.66. The maximum absolute atomic E-state index is 6.49. The summed E-state index contributed by atoms with van der Waals surface area (Å²) in [6.45, 7) is 6.29. The van der Waals surface area contributed by atoms with E-state index in [4.69, 9.17) is 9.72 Å². The number of hydrogen-bond acceptors (Lipinski definition) is 6. The second-order valence-electron chi connectivity index (χ2n) is 11.1. The molecule has 7 rings (SSSR count). The van der Waals surface area contributed by atoms with Crippen LogP contribution in [0.15, 0.2) is 91.3 Å². The van der Waals surface area contributed by atoms with Gasteiger partial charge in [-0.25, -0.2) is 15.1 Å². The van der Waals surface area contributed by atoms with Crippen molar-refractivity contribution in [1.29, 1.82) is 0 Å². The summed E-state index contributed by atoms with van der Waals surface area (Å²) < 4.78 is 11.0. The van der Waals surface area contributed by atoms with Crippen LogP contribution in [0.3, 0.4) is 0 Å². The Balaban J connectivity index is 1.19. The predicted octanol–water partition coefficient (Wildman–Crippen LogP) is 7.01. The third-order valence-electron chi connectivity index (χ3n) is 8.14. The number of aromatic nitrogens is 8. The van der Waals surface area contributed by atoms with Crippen LogP contribution in [0.4, 0.5) is 0 Å². The second kappa shape index (κ2) is 12.1. The highest BCUT2D eigenvalue weighted by atomic mass is 16.5. The molecule has 9 heteroatoms. The quantitative estimate of drug-likeness (QED) is 0.176. The van der Waals surface area contributed by atoms with Crippen LogP contribution in [0.2, 0.25) is 0 Å². The normalized spacial score (nSPS) is 11.5. The molecule has 3 heterocycles. The summed E-state index contributed by atoms with van der Waals surface area (Å²) in [7, 11) is 0. The first-order chi connectivity index (χ1) is 21.7. The van der Waals surface area contributed by atoms with Gasteiger partial charge < -0.3 is 13.9 Å². The fourth-order valence-electron chi connectivity index (χ4n) is 5.82. The fourth-order valence-corrected chi connectivity index (χ4v) is 5.82. The van der Waals surface area contributed by atoms with E-state index in [0.717, 1.165) is 75.2 Å². The molecule has 0 unspecified atom stereocenters. The summed E-state index contributed by atoms with van der Waals surface area (Å²) in [4.78, 5) is 9.68. The minimum atomic E-state index is 0.531. The minimum absolute atomic E-state index is 0.531. The summed E-state index contributed by atoms with van der Waals surface area (Å²) >= 11 is 0. The van der Waals surface area contributed by atoms with Gasteiger partial charge in [0.1, 0.15) is 23.7 Å². The Kier molecular flexibility index (Phi) is 7.58. The van der Waals surface area contributed by atoms with E-state index in [1.165, 1.54) is 5.56 Å². The van der Waals surface area contributed by atoms with Crippen LogP contribution >= 0.6 is 0 Å². The third-order valence-corrected chi connectivity index (χ3v) is 8.14. The number of H-pyrrole nitrogens is 1. The Morgan fingerprint density at radius 1 is 0.886 bits per heavy atom. The number of benzene rings is 4. The Morgan fingerprint density at radius 3 is 2.52 bits per heavy atom. The summed E-state index contributed by atoms with van der Waals surface area (Å²) in [6.07, 6.45) is 5.00. The van der Waals surface area contributed by atoms with E-state index in [-0.39, 0.29) is 0 Å². The standard InChI is InChI=1S/C35H34N8O/c1-3-4-13-32-37-33-24(2)14-19-31(44-21-20-42-23-36-29-11-7-8-12-30(29)42)34(33)43(32)22-25-15-17-26(18-16-25)27-9-5-6-10-28(27)35-38-40-41-39-35/h5-12,14-19,23H,3-4,13,20-22H2,1-2H3,(H,38,39,40,41). The molecule has 0 atom stereocenters. The van der Waals surface area contributed by atoms with Crippen LogP contribution in [0.1, 0.15) is 36.7 Å². The number of aromatic amines is 1. The highest BCUT2D eigenvalue weighted by molar-refractivity contribution is 5.86. The SMILES string of the molecule is CCCCc1nc2c(C)ccc(OCCn3cnc4ccccc43)c2n1Cc1ccc(-c2ccccc2-c2nnn[nH]2)cc1. The van der Waals surface area contributed by atoms with Gasteiger partial charge in [0.15, 0.2) is 5.82 Å². The first kappa shape index (κ1) is 27.5. The predicted molar refractivity (Wildman–Crippen MR) is 172 cm³/mol. The average Bonchev–Trinajstić information content (AvgIpc) is 3.82. The van der Waals surface area contributed by atoms with E-state index in [0.29, 0.717) is 25.5 Å². The van der Waals surface area contributed by atoms with Crippen molar-refractivity contribution in [1.82, 2.24) is 39.7 Å². The molecule has 3 aromatic heterocycles. The molecule has 0 saturated heterocycles. The molecule has 0 spiro atoms. The van der Waals surface area contributed by atoms with Gasteiger partial charge in [0.25, 0.3) is 0 Å². The molecule has 44 heavy (non-hydrogen) atoms. The van der Waals surface area contributed by atoms with Crippen LogP contribution in [0, 0.1) is 6.92 Å². The molecule has 0 saturated carbocycles. The number of unbranched alkanes of at least 4 members (excludes halogenated alkanes) is 1. The van der Waals surface area contributed by atoms with Crippen molar-refractivity contribution in [2.75, 3.05) is 6.61 Å². The highest BCUT2D eigenvalue weighted by Gasteiger charge is 2.18. The van der Waals surface area contributed by atoms with Gasteiger partial charge in [-0.05, 0) is 64.2 Å². The van der Waals surface area contributed by atoms with Gasteiger partial charge >= 0.3 is 0 Å². The topological polar surface area (TPSA) is 99.3 Å². The Labute approximate surface area is 255 Å². The molecule has 7 aromatic rings. The molecule has 0 fully saturated rings. The van der Waals surface area contributed by atoms with Gasteiger partial charge in [-0.15, -0.1) is 5.10 Å².